The van der Waals surface area contributed by atoms with Crippen LogP contribution in [0.3, 0.4) is 0 Å². The summed E-state index contributed by atoms with van der Waals surface area (Å²) in [7, 11) is -9.92. The molecule has 0 aromatic rings. The molecule has 19 heteroatoms. The van der Waals surface area contributed by atoms with E-state index in [1.54, 1.807) is 0 Å². The molecule has 3 N–H and O–H groups in total. The van der Waals surface area contributed by atoms with Gasteiger partial charge in [0.05, 0.1) is 26.4 Å². The highest BCUT2D eigenvalue weighted by atomic mass is 31.2. The van der Waals surface area contributed by atoms with Crippen LogP contribution in [0.5, 0.6) is 0 Å². The molecular formula is C83H162O17P2. The maximum atomic E-state index is 13.1. The predicted octanol–water partition coefficient (Wildman–Crippen LogP) is 24.8. The smallest absolute Gasteiger partial charge is 0.462 e. The number of phosphoric acid groups is 2. The number of phosphoric ester groups is 2. The Hall–Kier alpha value is -1.94. The SMILES string of the molecule is CCC(C)CCCCCCCCCCCCCCCCCCCCC(=O)OC[C@H](COP(=O)(O)OC[C@@H](O)COP(=O)(O)OC[C@@H](COC(=O)CCCCCCCCC(C)CC)OC(=O)CCCCCCCCCCCC(C)C)OC(=O)CCCCCCCCCCCCCCCCCC(C)C. The van der Waals surface area contributed by atoms with E-state index in [0.717, 1.165) is 120 Å². The van der Waals surface area contributed by atoms with Crippen LogP contribution in [0.15, 0.2) is 0 Å². The average Bonchev–Trinajstić information content (AvgIpc) is 0.905. The summed E-state index contributed by atoms with van der Waals surface area (Å²) < 4.78 is 68.7. The number of hydrogen-bond acceptors (Lipinski definition) is 15. The van der Waals surface area contributed by atoms with Crippen molar-refractivity contribution in [1.29, 1.82) is 0 Å². The van der Waals surface area contributed by atoms with Crippen molar-refractivity contribution < 1.29 is 80.2 Å². The lowest BCUT2D eigenvalue weighted by molar-refractivity contribution is -0.161. The Bertz CT molecular complexity index is 1990. The minimum absolute atomic E-state index is 0.104. The second kappa shape index (κ2) is 72.0. The van der Waals surface area contributed by atoms with E-state index in [1.807, 2.05) is 0 Å². The van der Waals surface area contributed by atoms with Crippen LogP contribution < -0.4 is 0 Å². The molecular weight excluding hydrogens is 1330 g/mol. The normalized spacial score (nSPS) is 14.5. The summed E-state index contributed by atoms with van der Waals surface area (Å²) in [5.74, 6) is 1.03. The average molecular weight is 1490 g/mol. The lowest BCUT2D eigenvalue weighted by atomic mass is 9.99. The first-order valence-electron chi connectivity index (χ1n) is 42.8. The summed E-state index contributed by atoms with van der Waals surface area (Å²) in [6.07, 6.45) is 59.8. The fourth-order valence-corrected chi connectivity index (χ4v) is 14.3. The molecule has 0 heterocycles. The van der Waals surface area contributed by atoms with Gasteiger partial charge in [-0.2, -0.15) is 0 Å². The zero-order valence-electron chi connectivity index (χ0n) is 67.2. The number of carbonyl (C=O) groups excluding carboxylic acids is 4. The molecule has 0 radical (unpaired) electrons. The minimum Gasteiger partial charge on any atom is -0.462 e. The standard InChI is InChI=1S/C83H162O17P2/c1-9-75(7)61-53-45-37-31-25-21-17-13-11-12-14-18-22-26-32-38-47-55-63-80(85)93-69-78(99-82(87)65-57-49-39-33-27-23-19-15-16-20-24-29-35-43-51-59-73(3)4)71-97-101(89,90)95-67-77(84)68-96-102(91,92)98-72-79(70-94-81(86)64-56-48-42-41-46-54-62-76(8)10-2)100-83(88)66-58-50-40-34-28-30-36-44-52-60-74(5)6/h73-79,84H,9-72H2,1-8H3,(H,89,90)(H,91,92)/t75?,76?,77-,78-,79-/m1/s1. The molecule has 0 saturated heterocycles. The van der Waals surface area contributed by atoms with Crippen LogP contribution in [0.25, 0.3) is 0 Å². The Kier molecular flexibility index (Phi) is 70.6. The number of carbonyl (C=O) groups is 4. The highest BCUT2D eigenvalue weighted by Gasteiger charge is 2.30. The van der Waals surface area contributed by atoms with Gasteiger partial charge in [0.2, 0.25) is 0 Å². The van der Waals surface area contributed by atoms with Crippen LogP contribution in [0.1, 0.15) is 428 Å². The van der Waals surface area contributed by atoms with Gasteiger partial charge in [-0.25, -0.2) is 9.13 Å². The fourth-order valence-electron chi connectivity index (χ4n) is 12.7. The Morgan fingerprint density at radius 1 is 0.275 bits per heavy atom. The number of aliphatic hydroxyl groups is 1. The molecule has 0 aliphatic carbocycles. The van der Waals surface area contributed by atoms with E-state index < -0.39 is 97.5 Å². The van der Waals surface area contributed by atoms with Crippen molar-refractivity contribution in [2.75, 3.05) is 39.6 Å². The van der Waals surface area contributed by atoms with Crippen LogP contribution in [-0.4, -0.2) is 96.7 Å². The van der Waals surface area contributed by atoms with E-state index in [4.69, 9.17) is 37.0 Å². The first-order valence-corrected chi connectivity index (χ1v) is 45.8. The molecule has 17 nitrogen and oxygen atoms in total. The number of unbranched alkanes of at least 4 members (excludes halogenated alkanes) is 44. The quantitative estimate of drug-likeness (QED) is 0.0222. The number of hydrogen-bond donors (Lipinski definition) is 3. The third kappa shape index (κ3) is 73.6. The molecule has 4 unspecified atom stereocenters. The molecule has 0 aromatic carbocycles. The summed E-state index contributed by atoms with van der Waals surface area (Å²) in [6, 6.07) is 0. The number of aliphatic hydroxyl groups excluding tert-OH is 1. The Balaban J connectivity index is 5.21. The van der Waals surface area contributed by atoms with Crippen molar-refractivity contribution in [2.24, 2.45) is 23.7 Å². The second-order valence-corrected chi connectivity index (χ2v) is 34.2. The third-order valence-electron chi connectivity index (χ3n) is 20.0. The van der Waals surface area contributed by atoms with Crippen LogP contribution in [0.4, 0.5) is 0 Å². The molecule has 0 saturated carbocycles. The van der Waals surface area contributed by atoms with E-state index in [-0.39, 0.29) is 25.7 Å². The van der Waals surface area contributed by atoms with Gasteiger partial charge in [-0.1, -0.05) is 376 Å². The third-order valence-corrected chi connectivity index (χ3v) is 21.9. The maximum Gasteiger partial charge on any atom is 0.472 e. The molecule has 0 fully saturated rings. The van der Waals surface area contributed by atoms with Crippen LogP contribution >= 0.6 is 15.6 Å². The summed E-state index contributed by atoms with van der Waals surface area (Å²) in [5, 5.41) is 10.6. The molecule has 0 bridgehead atoms. The fraction of sp³-hybridized carbons (Fsp3) is 0.952. The topological polar surface area (TPSA) is 237 Å². The van der Waals surface area contributed by atoms with Crippen LogP contribution in [0, 0.1) is 23.7 Å². The van der Waals surface area contributed by atoms with E-state index in [9.17, 15) is 43.2 Å². The first kappa shape index (κ1) is 100. The lowest BCUT2D eigenvalue weighted by Crippen LogP contribution is -2.30. The van der Waals surface area contributed by atoms with Gasteiger partial charge in [0.1, 0.15) is 19.3 Å². The molecule has 0 spiro atoms. The zero-order chi connectivity index (χ0) is 75.3. The van der Waals surface area contributed by atoms with Crippen LogP contribution in [-0.2, 0) is 65.4 Å². The highest BCUT2D eigenvalue weighted by Crippen LogP contribution is 2.45. The van der Waals surface area contributed by atoms with Crippen molar-refractivity contribution in [1.82, 2.24) is 0 Å². The molecule has 0 aliphatic rings. The molecule has 0 rings (SSSR count). The maximum absolute atomic E-state index is 13.1. The Morgan fingerprint density at radius 2 is 0.471 bits per heavy atom. The van der Waals surface area contributed by atoms with Crippen molar-refractivity contribution in [3.63, 3.8) is 0 Å². The van der Waals surface area contributed by atoms with Gasteiger partial charge in [0.15, 0.2) is 12.2 Å². The zero-order valence-corrected chi connectivity index (χ0v) is 69.0. The number of esters is 4. The highest BCUT2D eigenvalue weighted by molar-refractivity contribution is 7.47. The Labute approximate surface area is 626 Å². The largest absolute Gasteiger partial charge is 0.472 e. The Morgan fingerprint density at radius 3 is 0.696 bits per heavy atom. The molecule has 0 aliphatic heterocycles. The molecule has 606 valence electrons. The van der Waals surface area contributed by atoms with Gasteiger partial charge in [0, 0.05) is 25.7 Å². The van der Waals surface area contributed by atoms with Gasteiger partial charge in [0.25, 0.3) is 0 Å². The van der Waals surface area contributed by atoms with Gasteiger partial charge in [-0.05, 0) is 49.4 Å². The van der Waals surface area contributed by atoms with E-state index in [0.29, 0.717) is 25.7 Å². The summed E-state index contributed by atoms with van der Waals surface area (Å²) in [5.41, 5.74) is 0. The summed E-state index contributed by atoms with van der Waals surface area (Å²) in [4.78, 5) is 73.0. The molecule has 0 aromatic heterocycles. The summed E-state index contributed by atoms with van der Waals surface area (Å²) >= 11 is 0. The minimum atomic E-state index is -4.96. The first-order chi connectivity index (χ1) is 49.2. The van der Waals surface area contributed by atoms with E-state index in [2.05, 4.69) is 55.4 Å². The van der Waals surface area contributed by atoms with Crippen molar-refractivity contribution in [2.45, 2.75) is 446 Å². The monoisotopic (exact) mass is 1490 g/mol. The van der Waals surface area contributed by atoms with Gasteiger partial charge in [-0.15, -0.1) is 0 Å². The number of ether oxygens (including phenoxy) is 4. The number of rotatable bonds is 80. The van der Waals surface area contributed by atoms with Gasteiger partial charge >= 0.3 is 39.5 Å². The van der Waals surface area contributed by atoms with Gasteiger partial charge < -0.3 is 33.8 Å². The van der Waals surface area contributed by atoms with Gasteiger partial charge in [-0.3, -0.25) is 37.3 Å². The van der Waals surface area contributed by atoms with Crippen molar-refractivity contribution in [3.8, 4) is 0 Å². The lowest BCUT2D eigenvalue weighted by Gasteiger charge is -2.21. The molecule has 102 heavy (non-hydrogen) atoms. The van der Waals surface area contributed by atoms with E-state index >= 15 is 0 Å². The van der Waals surface area contributed by atoms with Crippen molar-refractivity contribution >= 4 is 39.5 Å². The molecule has 7 atom stereocenters. The molecule has 0 amide bonds. The summed E-state index contributed by atoms with van der Waals surface area (Å²) in [6.45, 7) is 14.3. The van der Waals surface area contributed by atoms with Crippen molar-refractivity contribution in [3.05, 3.63) is 0 Å². The second-order valence-electron chi connectivity index (χ2n) is 31.3. The predicted molar refractivity (Wildman–Crippen MR) is 418 cm³/mol. The van der Waals surface area contributed by atoms with Crippen LogP contribution in [0.2, 0.25) is 0 Å². The van der Waals surface area contributed by atoms with E-state index in [1.165, 1.54) is 225 Å².